The third-order valence-electron chi connectivity index (χ3n) is 4.93. The highest BCUT2D eigenvalue weighted by Gasteiger charge is 2.18. The fourth-order valence-corrected chi connectivity index (χ4v) is 3.49. The van der Waals surface area contributed by atoms with Gasteiger partial charge in [-0.3, -0.25) is 4.90 Å². The number of hydrogen-bond acceptors (Lipinski definition) is 3. The lowest BCUT2D eigenvalue weighted by Gasteiger charge is -2.32. The molecule has 1 heterocycles. The molecule has 1 aliphatic rings. The summed E-state index contributed by atoms with van der Waals surface area (Å²) in [6, 6.07) is 18.8. The lowest BCUT2D eigenvalue weighted by molar-refractivity contribution is 0.171. The van der Waals surface area contributed by atoms with Crippen molar-refractivity contribution >= 4 is 11.6 Å². The van der Waals surface area contributed by atoms with E-state index in [1.807, 2.05) is 12.1 Å². The molecule has 0 atom stereocenters. The van der Waals surface area contributed by atoms with Crippen LogP contribution in [0.4, 0.5) is 5.69 Å². The fraction of sp³-hybridized carbons (Fsp3) is 0.381. The van der Waals surface area contributed by atoms with Crippen molar-refractivity contribution in [2.45, 2.75) is 25.8 Å². The molecule has 0 unspecified atom stereocenters. The molecule has 138 valence electrons. The first-order valence-electron chi connectivity index (χ1n) is 9.34. The number of hydrogen-bond donors (Lipinski definition) is 3. The van der Waals surface area contributed by atoms with E-state index in [0.717, 1.165) is 24.8 Å². The van der Waals surface area contributed by atoms with Gasteiger partial charge in [-0.2, -0.15) is 0 Å². The summed E-state index contributed by atoms with van der Waals surface area (Å²) in [5, 5.41) is 3.54. The van der Waals surface area contributed by atoms with Crippen molar-refractivity contribution < 1.29 is 0 Å². The Morgan fingerprint density at radius 3 is 2.31 bits per heavy atom. The lowest BCUT2D eigenvalue weighted by Crippen LogP contribution is -2.40. The van der Waals surface area contributed by atoms with Gasteiger partial charge in [-0.25, -0.2) is 4.99 Å². The summed E-state index contributed by atoms with van der Waals surface area (Å²) in [5.41, 5.74) is 14.3. The molecule has 2 aromatic carbocycles. The van der Waals surface area contributed by atoms with E-state index in [0.29, 0.717) is 0 Å². The van der Waals surface area contributed by atoms with Crippen LogP contribution in [0.1, 0.15) is 24.0 Å². The molecule has 0 spiro atoms. The van der Waals surface area contributed by atoms with E-state index in [-0.39, 0.29) is 5.96 Å². The molecule has 0 amide bonds. The minimum Gasteiger partial charge on any atom is -0.370 e. The molecule has 5 nitrogen and oxygen atoms in total. The Hall–Kier alpha value is -2.37. The number of aliphatic imine (C=N–C) groups is 1. The Morgan fingerprint density at radius 2 is 1.65 bits per heavy atom. The third-order valence-corrected chi connectivity index (χ3v) is 4.93. The molecule has 3 rings (SSSR count). The molecule has 5 heteroatoms. The topological polar surface area (TPSA) is 79.7 Å². The van der Waals surface area contributed by atoms with Crippen LogP contribution in [0.3, 0.4) is 0 Å². The summed E-state index contributed by atoms with van der Waals surface area (Å²) >= 11 is 0. The van der Waals surface area contributed by atoms with E-state index in [4.69, 9.17) is 11.5 Å². The molecule has 2 aromatic rings. The van der Waals surface area contributed by atoms with E-state index in [2.05, 4.69) is 57.7 Å². The number of piperidine rings is 1. The minimum absolute atomic E-state index is 0.0894. The maximum absolute atomic E-state index is 5.39. The summed E-state index contributed by atoms with van der Waals surface area (Å²) < 4.78 is 0. The standard InChI is InChI=1S/C21H29N5/c22-21(23)25-20-8-6-19(7-9-20)15-24-16-26-12-10-18(11-13-26)14-17-4-2-1-3-5-17/h1-9,18,24H,10-16H2,(H4,22,23,25). The van der Waals surface area contributed by atoms with Gasteiger partial charge in [0.15, 0.2) is 5.96 Å². The van der Waals surface area contributed by atoms with Crippen LogP contribution in [0, 0.1) is 5.92 Å². The normalized spacial score (nSPS) is 15.7. The second kappa shape index (κ2) is 9.36. The van der Waals surface area contributed by atoms with Crippen molar-refractivity contribution in [3.63, 3.8) is 0 Å². The van der Waals surface area contributed by atoms with Crippen LogP contribution < -0.4 is 16.8 Å². The number of benzene rings is 2. The summed E-state index contributed by atoms with van der Waals surface area (Å²) in [6.45, 7) is 4.14. The monoisotopic (exact) mass is 351 g/mol. The zero-order chi connectivity index (χ0) is 18.2. The molecule has 1 aliphatic heterocycles. The zero-order valence-corrected chi connectivity index (χ0v) is 15.3. The van der Waals surface area contributed by atoms with Gasteiger partial charge in [0.2, 0.25) is 0 Å². The average molecular weight is 351 g/mol. The van der Waals surface area contributed by atoms with Gasteiger partial charge in [-0.15, -0.1) is 0 Å². The molecule has 1 fully saturated rings. The van der Waals surface area contributed by atoms with Crippen molar-refractivity contribution in [1.29, 1.82) is 0 Å². The Bertz CT molecular complexity index is 684. The quantitative estimate of drug-likeness (QED) is 0.529. The smallest absolute Gasteiger partial charge is 0.191 e. The molecule has 0 aliphatic carbocycles. The first-order chi connectivity index (χ1) is 12.7. The minimum atomic E-state index is 0.0894. The SMILES string of the molecule is NC(N)=Nc1ccc(CNCN2CCC(Cc3ccccc3)CC2)cc1. The predicted octanol–water partition coefficient (Wildman–Crippen LogP) is 2.59. The summed E-state index contributed by atoms with van der Waals surface area (Å²) in [5.74, 6) is 0.906. The Kier molecular flexibility index (Phi) is 6.63. The van der Waals surface area contributed by atoms with Crippen LogP contribution in [-0.2, 0) is 13.0 Å². The molecular formula is C21H29N5. The Balaban J connectivity index is 1.35. The zero-order valence-electron chi connectivity index (χ0n) is 15.3. The van der Waals surface area contributed by atoms with Crippen molar-refractivity contribution in [3.05, 3.63) is 65.7 Å². The number of rotatable bonds is 7. The third kappa shape index (κ3) is 5.86. The van der Waals surface area contributed by atoms with Crippen molar-refractivity contribution in [1.82, 2.24) is 10.2 Å². The highest BCUT2D eigenvalue weighted by Crippen LogP contribution is 2.21. The van der Waals surface area contributed by atoms with E-state index in [9.17, 15) is 0 Å². The van der Waals surface area contributed by atoms with E-state index in [1.165, 1.54) is 43.5 Å². The first-order valence-corrected chi connectivity index (χ1v) is 9.34. The molecular weight excluding hydrogens is 322 g/mol. The van der Waals surface area contributed by atoms with Crippen LogP contribution in [0.15, 0.2) is 59.6 Å². The summed E-state index contributed by atoms with van der Waals surface area (Å²) in [6.07, 6.45) is 3.78. The summed E-state index contributed by atoms with van der Waals surface area (Å²) in [7, 11) is 0. The van der Waals surface area contributed by atoms with Gasteiger partial charge in [0, 0.05) is 13.2 Å². The largest absolute Gasteiger partial charge is 0.370 e. The number of nitrogens with zero attached hydrogens (tertiary/aromatic N) is 2. The predicted molar refractivity (Wildman–Crippen MR) is 108 cm³/mol. The van der Waals surface area contributed by atoms with Gasteiger partial charge in [0.25, 0.3) is 0 Å². The van der Waals surface area contributed by atoms with Crippen LogP contribution in [0.5, 0.6) is 0 Å². The molecule has 5 N–H and O–H groups in total. The second-order valence-electron chi connectivity index (χ2n) is 7.04. The van der Waals surface area contributed by atoms with Gasteiger partial charge < -0.3 is 16.8 Å². The highest BCUT2D eigenvalue weighted by molar-refractivity contribution is 5.78. The molecule has 26 heavy (non-hydrogen) atoms. The van der Waals surface area contributed by atoms with Gasteiger partial charge >= 0.3 is 0 Å². The van der Waals surface area contributed by atoms with Crippen molar-refractivity contribution in [2.24, 2.45) is 22.4 Å². The second-order valence-corrected chi connectivity index (χ2v) is 7.04. The van der Waals surface area contributed by atoms with E-state index < -0.39 is 0 Å². The molecule has 0 aromatic heterocycles. The van der Waals surface area contributed by atoms with Crippen LogP contribution >= 0.6 is 0 Å². The van der Waals surface area contributed by atoms with Gasteiger partial charge in [-0.1, -0.05) is 42.5 Å². The number of guanidine groups is 1. The summed E-state index contributed by atoms with van der Waals surface area (Å²) in [4.78, 5) is 6.54. The van der Waals surface area contributed by atoms with Crippen LogP contribution in [0.2, 0.25) is 0 Å². The van der Waals surface area contributed by atoms with E-state index >= 15 is 0 Å². The van der Waals surface area contributed by atoms with Crippen LogP contribution in [0.25, 0.3) is 0 Å². The Labute approximate surface area is 156 Å². The number of likely N-dealkylation sites (tertiary alicyclic amines) is 1. The number of nitrogens with one attached hydrogen (secondary N) is 1. The maximum Gasteiger partial charge on any atom is 0.191 e. The van der Waals surface area contributed by atoms with E-state index in [1.54, 1.807) is 0 Å². The van der Waals surface area contributed by atoms with Gasteiger partial charge in [0.05, 0.1) is 5.69 Å². The first kappa shape index (κ1) is 18.4. The molecule has 1 saturated heterocycles. The fourth-order valence-electron chi connectivity index (χ4n) is 3.49. The Morgan fingerprint density at radius 1 is 0.962 bits per heavy atom. The molecule has 0 saturated carbocycles. The van der Waals surface area contributed by atoms with Gasteiger partial charge in [-0.05, 0) is 61.5 Å². The lowest BCUT2D eigenvalue weighted by atomic mass is 9.90. The molecule has 0 radical (unpaired) electrons. The maximum atomic E-state index is 5.39. The van der Waals surface area contributed by atoms with Crippen molar-refractivity contribution in [2.75, 3.05) is 19.8 Å². The molecule has 0 bridgehead atoms. The van der Waals surface area contributed by atoms with Crippen LogP contribution in [-0.4, -0.2) is 30.6 Å². The number of nitrogens with two attached hydrogens (primary N) is 2. The average Bonchev–Trinajstić information content (AvgIpc) is 2.65. The van der Waals surface area contributed by atoms with Gasteiger partial charge in [0.1, 0.15) is 0 Å². The van der Waals surface area contributed by atoms with Crippen molar-refractivity contribution in [3.8, 4) is 0 Å². The highest BCUT2D eigenvalue weighted by atomic mass is 15.2.